The molecule has 0 aliphatic rings. The standard InChI is InChI=1S/C16H15N3O3S/c1-3-14(21)17-8-11-4-6-12(7-5-11)15(22)19-16-18-13(9-23-16)10(2)20/h3-7,9H,1,8H2,2H3,(H,17,21)(H,18,19,22). The maximum Gasteiger partial charge on any atom is 0.257 e. The third-order valence-electron chi connectivity index (χ3n) is 2.95. The van der Waals surface area contributed by atoms with Crippen LogP contribution in [-0.2, 0) is 11.3 Å². The lowest BCUT2D eigenvalue weighted by Gasteiger charge is -2.05. The summed E-state index contributed by atoms with van der Waals surface area (Å²) in [6, 6.07) is 6.82. The van der Waals surface area contributed by atoms with E-state index in [9.17, 15) is 14.4 Å². The van der Waals surface area contributed by atoms with Gasteiger partial charge in [-0.1, -0.05) is 18.7 Å². The van der Waals surface area contributed by atoms with Crippen LogP contribution in [0.2, 0.25) is 0 Å². The van der Waals surface area contributed by atoms with Crippen LogP contribution in [0.15, 0.2) is 42.3 Å². The lowest BCUT2D eigenvalue weighted by molar-refractivity contribution is -0.116. The van der Waals surface area contributed by atoms with E-state index >= 15 is 0 Å². The largest absolute Gasteiger partial charge is 0.348 e. The summed E-state index contributed by atoms with van der Waals surface area (Å²) in [5, 5.41) is 7.28. The highest BCUT2D eigenvalue weighted by Crippen LogP contribution is 2.17. The minimum atomic E-state index is -0.309. The van der Waals surface area contributed by atoms with Crippen molar-refractivity contribution in [1.82, 2.24) is 10.3 Å². The number of anilines is 1. The van der Waals surface area contributed by atoms with Crippen LogP contribution < -0.4 is 10.6 Å². The number of amides is 2. The number of thiazole rings is 1. The molecule has 2 N–H and O–H groups in total. The van der Waals surface area contributed by atoms with Gasteiger partial charge in [0.2, 0.25) is 5.91 Å². The molecule has 0 fully saturated rings. The first-order valence-corrected chi connectivity index (χ1v) is 7.64. The number of ketones is 1. The Kier molecular flexibility index (Phi) is 5.37. The molecule has 2 aromatic rings. The molecule has 0 saturated carbocycles. The summed E-state index contributed by atoms with van der Waals surface area (Å²) < 4.78 is 0. The van der Waals surface area contributed by atoms with Gasteiger partial charge in [0.1, 0.15) is 5.69 Å². The van der Waals surface area contributed by atoms with Crippen molar-refractivity contribution in [1.29, 1.82) is 0 Å². The molecular formula is C16H15N3O3S. The third kappa shape index (κ3) is 4.58. The summed E-state index contributed by atoms with van der Waals surface area (Å²) in [6.07, 6.45) is 1.20. The van der Waals surface area contributed by atoms with Crippen molar-refractivity contribution < 1.29 is 14.4 Å². The van der Waals surface area contributed by atoms with Gasteiger partial charge in [0.05, 0.1) is 0 Å². The van der Waals surface area contributed by atoms with Gasteiger partial charge in [-0.15, -0.1) is 11.3 Å². The summed E-state index contributed by atoms with van der Waals surface area (Å²) in [5.41, 5.74) is 1.66. The number of rotatable bonds is 6. The van der Waals surface area contributed by atoms with Gasteiger partial charge in [0.25, 0.3) is 5.91 Å². The van der Waals surface area contributed by atoms with E-state index in [2.05, 4.69) is 22.2 Å². The maximum absolute atomic E-state index is 12.1. The summed E-state index contributed by atoms with van der Waals surface area (Å²) >= 11 is 1.20. The Morgan fingerprint density at radius 1 is 1.26 bits per heavy atom. The van der Waals surface area contributed by atoms with Crippen LogP contribution in [0.4, 0.5) is 5.13 Å². The fraction of sp³-hybridized carbons (Fsp3) is 0.125. The second-order valence-electron chi connectivity index (χ2n) is 4.67. The highest BCUT2D eigenvalue weighted by molar-refractivity contribution is 7.14. The van der Waals surface area contributed by atoms with Gasteiger partial charge in [-0.3, -0.25) is 19.7 Å². The van der Waals surface area contributed by atoms with Crippen LogP contribution in [0.1, 0.15) is 33.3 Å². The zero-order chi connectivity index (χ0) is 16.8. The first kappa shape index (κ1) is 16.6. The molecule has 0 atom stereocenters. The van der Waals surface area contributed by atoms with Gasteiger partial charge in [-0.25, -0.2) is 4.98 Å². The number of carbonyl (C=O) groups excluding carboxylic acids is 3. The molecule has 1 heterocycles. The summed E-state index contributed by atoms with van der Waals surface area (Å²) in [4.78, 5) is 38.4. The van der Waals surface area contributed by atoms with Gasteiger partial charge in [0.15, 0.2) is 10.9 Å². The molecule has 7 heteroatoms. The molecule has 0 radical (unpaired) electrons. The maximum atomic E-state index is 12.1. The number of nitrogens with one attached hydrogen (secondary N) is 2. The Morgan fingerprint density at radius 2 is 1.96 bits per heavy atom. The third-order valence-corrected chi connectivity index (χ3v) is 3.71. The van der Waals surface area contributed by atoms with Gasteiger partial charge in [0, 0.05) is 24.4 Å². The molecule has 0 spiro atoms. The summed E-state index contributed by atoms with van der Waals surface area (Å²) in [5.74, 6) is -0.708. The molecule has 6 nitrogen and oxygen atoms in total. The highest BCUT2D eigenvalue weighted by atomic mass is 32.1. The first-order valence-electron chi connectivity index (χ1n) is 6.76. The van der Waals surface area contributed by atoms with Crippen molar-refractivity contribution in [2.45, 2.75) is 13.5 Å². The van der Waals surface area contributed by atoms with E-state index in [1.165, 1.54) is 24.3 Å². The van der Waals surface area contributed by atoms with E-state index < -0.39 is 0 Å². The zero-order valence-corrected chi connectivity index (χ0v) is 13.3. The van der Waals surface area contributed by atoms with Crippen LogP contribution in [0.5, 0.6) is 0 Å². The Hall–Kier alpha value is -2.80. The fourth-order valence-corrected chi connectivity index (χ4v) is 2.44. The Morgan fingerprint density at radius 3 is 2.52 bits per heavy atom. The lowest BCUT2D eigenvalue weighted by atomic mass is 10.1. The number of nitrogens with zero attached hydrogens (tertiary/aromatic N) is 1. The molecule has 0 unspecified atom stereocenters. The number of Topliss-reactive ketones (excluding diaryl/α,β-unsaturated/α-hetero) is 1. The predicted octanol–water partition coefficient (Wildman–Crippen LogP) is 2.40. The monoisotopic (exact) mass is 329 g/mol. The Balaban J connectivity index is 1.97. The molecule has 1 aromatic heterocycles. The van der Waals surface area contributed by atoms with Crippen LogP contribution in [0.25, 0.3) is 0 Å². The first-order chi connectivity index (χ1) is 11.0. The average molecular weight is 329 g/mol. The van der Waals surface area contributed by atoms with Crippen molar-refractivity contribution in [3.8, 4) is 0 Å². The van der Waals surface area contributed by atoms with Crippen LogP contribution in [0.3, 0.4) is 0 Å². The lowest BCUT2D eigenvalue weighted by Crippen LogP contribution is -2.20. The minimum Gasteiger partial charge on any atom is -0.348 e. The zero-order valence-electron chi connectivity index (χ0n) is 12.5. The predicted molar refractivity (Wildman–Crippen MR) is 88.6 cm³/mol. The Labute approximate surface area is 137 Å². The molecule has 1 aromatic carbocycles. The second-order valence-corrected chi connectivity index (χ2v) is 5.53. The van der Waals surface area contributed by atoms with E-state index in [0.717, 1.165) is 5.56 Å². The van der Waals surface area contributed by atoms with Crippen LogP contribution in [-0.4, -0.2) is 22.6 Å². The normalized spacial score (nSPS) is 9.96. The fourth-order valence-electron chi connectivity index (χ4n) is 1.70. The van der Waals surface area contributed by atoms with E-state index in [1.807, 2.05) is 0 Å². The molecular weight excluding hydrogens is 314 g/mol. The highest BCUT2D eigenvalue weighted by Gasteiger charge is 2.10. The number of carbonyl (C=O) groups is 3. The van der Waals surface area contributed by atoms with Gasteiger partial charge >= 0.3 is 0 Å². The molecule has 2 amide bonds. The SMILES string of the molecule is C=CC(=O)NCc1ccc(C(=O)Nc2nc(C(C)=O)cs2)cc1. The van der Waals surface area contributed by atoms with Crippen molar-refractivity contribution in [2.24, 2.45) is 0 Å². The molecule has 0 saturated heterocycles. The van der Waals surface area contributed by atoms with Gasteiger partial charge in [-0.2, -0.15) is 0 Å². The molecule has 118 valence electrons. The van der Waals surface area contributed by atoms with Crippen molar-refractivity contribution in [2.75, 3.05) is 5.32 Å². The molecule has 23 heavy (non-hydrogen) atoms. The van der Waals surface area contributed by atoms with E-state index in [4.69, 9.17) is 0 Å². The van der Waals surface area contributed by atoms with Gasteiger partial charge < -0.3 is 5.32 Å². The minimum absolute atomic E-state index is 0.146. The summed E-state index contributed by atoms with van der Waals surface area (Å²) in [6.45, 7) is 5.16. The van der Waals surface area contributed by atoms with Crippen LogP contribution in [0, 0.1) is 0 Å². The molecule has 0 bridgehead atoms. The topological polar surface area (TPSA) is 88.2 Å². The molecule has 2 rings (SSSR count). The average Bonchev–Trinajstić information content (AvgIpc) is 3.01. The number of benzene rings is 1. The van der Waals surface area contributed by atoms with Crippen molar-refractivity contribution in [3.05, 3.63) is 59.1 Å². The van der Waals surface area contributed by atoms with E-state index in [1.54, 1.807) is 29.6 Å². The van der Waals surface area contributed by atoms with Gasteiger partial charge in [-0.05, 0) is 23.8 Å². The molecule has 0 aliphatic heterocycles. The number of aromatic nitrogens is 1. The molecule has 0 aliphatic carbocycles. The summed E-state index contributed by atoms with van der Waals surface area (Å²) in [7, 11) is 0. The van der Waals surface area contributed by atoms with E-state index in [-0.39, 0.29) is 17.6 Å². The quantitative estimate of drug-likeness (QED) is 0.629. The Bertz CT molecular complexity index is 750. The second kappa shape index (κ2) is 7.46. The van der Waals surface area contributed by atoms with Crippen molar-refractivity contribution in [3.63, 3.8) is 0 Å². The van der Waals surface area contributed by atoms with Crippen molar-refractivity contribution >= 4 is 34.1 Å². The number of hydrogen-bond donors (Lipinski definition) is 2. The smallest absolute Gasteiger partial charge is 0.257 e. The number of hydrogen-bond acceptors (Lipinski definition) is 5. The van der Waals surface area contributed by atoms with Crippen LogP contribution >= 0.6 is 11.3 Å². The van der Waals surface area contributed by atoms with E-state index in [0.29, 0.717) is 22.9 Å².